The van der Waals surface area contributed by atoms with E-state index in [4.69, 9.17) is 19.7 Å². The summed E-state index contributed by atoms with van der Waals surface area (Å²) in [6, 6.07) is 11.0. The summed E-state index contributed by atoms with van der Waals surface area (Å²) in [7, 11) is 3.00. The quantitative estimate of drug-likeness (QED) is 0.153. The molecule has 1 aliphatic heterocycles. The Bertz CT molecular complexity index is 1420. The van der Waals surface area contributed by atoms with Gasteiger partial charge in [-0.1, -0.05) is 17.2 Å². The van der Waals surface area contributed by atoms with Gasteiger partial charge in [-0.25, -0.2) is 9.59 Å². The van der Waals surface area contributed by atoms with E-state index in [2.05, 4.69) is 14.9 Å². The molecule has 1 fully saturated rings. The largest absolute Gasteiger partial charge is 0.496 e. The van der Waals surface area contributed by atoms with E-state index in [-0.39, 0.29) is 12.1 Å². The number of piperidine rings is 1. The summed E-state index contributed by atoms with van der Waals surface area (Å²) < 4.78 is 17.8. The van der Waals surface area contributed by atoms with E-state index < -0.39 is 17.7 Å². The number of likely N-dealkylation sites (tertiary alicyclic amines) is 1. The van der Waals surface area contributed by atoms with Gasteiger partial charge in [-0.05, 0) is 88.0 Å². The predicted molar refractivity (Wildman–Crippen MR) is 148 cm³/mol. The number of hydrogen-bond acceptors (Lipinski definition) is 7. The molecule has 10 heteroatoms. The summed E-state index contributed by atoms with van der Waals surface area (Å²) >= 11 is 0. The van der Waals surface area contributed by atoms with Crippen LogP contribution < -0.4 is 4.74 Å². The van der Waals surface area contributed by atoms with Crippen molar-refractivity contribution in [2.24, 2.45) is 5.11 Å². The van der Waals surface area contributed by atoms with E-state index in [9.17, 15) is 9.59 Å². The fourth-order valence-electron chi connectivity index (χ4n) is 5.24. The second-order valence-electron chi connectivity index (χ2n) is 10.8. The molecule has 0 N–H and O–H groups in total. The molecule has 0 radical (unpaired) electrons. The van der Waals surface area contributed by atoms with Crippen LogP contribution in [0.15, 0.2) is 47.7 Å². The Morgan fingerprint density at radius 3 is 2.49 bits per heavy atom. The van der Waals surface area contributed by atoms with Gasteiger partial charge >= 0.3 is 12.1 Å². The minimum atomic E-state index is -0.621. The van der Waals surface area contributed by atoms with Gasteiger partial charge in [-0.3, -0.25) is 9.47 Å². The first-order valence-electron chi connectivity index (χ1n) is 12.9. The van der Waals surface area contributed by atoms with E-state index in [1.807, 2.05) is 52.0 Å². The normalized spacial score (nSPS) is 17.9. The molecule has 0 saturated carbocycles. The zero-order chi connectivity index (χ0) is 28.3. The molecule has 39 heavy (non-hydrogen) atoms. The maximum atomic E-state index is 13.0. The number of aromatic nitrogens is 1. The lowest BCUT2D eigenvalue weighted by Crippen LogP contribution is -2.38. The minimum Gasteiger partial charge on any atom is -0.496 e. The number of carbonyl (C=O) groups excluding carboxylic acids is 2. The number of methoxy groups -OCH3 is 2. The molecule has 0 amide bonds. The Balaban J connectivity index is 1.74. The maximum absolute atomic E-state index is 13.0. The van der Waals surface area contributed by atoms with Crippen LogP contribution in [0.5, 0.6) is 5.75 Å². The first-order chi connectivity index (χ1) is 18.6. The van der Waals surface area contributed by atoms with Crippen molar-refractivity contribution in [3.63, 3.8) is 0 Å². The second-order valence-corrected chi connectivity index (χ2v) is 10.8. The highest BCUT2D eigenvalue weighted by atomic mass is 16.6. The molecule has 10 nitrogen and oxygen atoms in total. The molecule has 0 spiro atoms. The van der Waals surface area contributed by atoms with Crippen molar-refractivity contribution in [3.05, 3.63) is 75.3 Å². The zero-order valence-corrected chi connectivity index (χ0v) is 23.3. The molecule has 1 aromatic heterocycles. The van der Waals surface area contributed by atoms with E-state index in [0.717, 1.165) is 39.8 Å². The topological polar surface area (TPSA) is 119 Å². The Kier molecular flexibility index (Phi) is 8.18. The van der Waals surface area contributed by atoms with Crippen LogP contribution >= 0.6 is 0 Å². The smallest absolute Gasteiger partial charge is 0.419 e. The number of aryl methyl sites for hydroxylation is 1. The molecule has 206 valence electrons. The number of azide groups is 1. The average Bonchev–Trinajstić information content (AvgIpc) is 3.36. The van der Waals surface area contributed by atoms with Gasteiger partial charge < -0.3 is 14.2 Å². The molecular formula is C29H35N5O5. The first-order valence-corrected chi connectivity index (χ1v) is 12.9. The van der Waals surface area contributed by atoms with Gasteiger partial charge in [0.1, 0.15) is 11.4 Å². The Morgan fingerprint density at radius 1 is 1.15 bits per heavy atom. The highest BCUT2D eigenvalue weighted by molar-refractivity contribution is 5.95. The van der Waals surface area contributed by atoms with Crippen LogP contribution in [0.4, 0.5) is 4.79 Å². The van der Waals surface area contributed by atoms with Crippen LogP contribution in [0.2, 0.25) is 0 Å². The molecule has 0 aliphatic carbocycles. The summed E-state index contributed by atoms with van der Waals surface area (Å²) in [6.45, 7) is 8.72. The number of nitrogens with zero attached hydrogens (tertiary/aromatic N) is 5. The van der Waals surface area contributed by atoms with Gasteiger partial charge in [-0.15, -0.1) is 0 Å². The molecule has 1 saturated heterocycles. The third kappa shape index (κ3) is 6.02. The average molecular weight is 534 g/mol. The number of benzene rings is 2. The van der Waals surface area contributed by atoms with E-state index in [1.165, 1.54) is 7.11 Å². The Labute approximate surface area is 228 Å². The van der Waals surface area contributed by atoms with Crippen molar-refractivity contribution in [1.82, 2.24) is 9.47 Å². The Morgan fingerprint density at radius 2 is 1.87 bits per heavy atom. The molecular weight excluding hydrogens is 498 g/mol. The minimum absolute atomic E-state index is 0.0602. The standard InChI is InChI=1S/C29H35N5O5/c1-18-15-25(37-5)23(22-12-14-34(26(18)22)28(36)39-29(2,3)4)17-33-13-11-21(31-32-30)16-24(33)19-7-9-20(10-8-19)27(35)38-6/h7-10,12,14-15,21,24H,11,13,16-17H2,1-6H3. The summed E-state index contributed by atoms with van der Waals surface area (Å²) in [6.07, 6.45) is 2.66. The predicted octanol–water partition coefficient (Wildman–Crippen LogP) is 6.54. The van der Waals surface area contributed by atoms with Gasteiger partial charge in [0, 0.05) is 40.7 Å². The molecule has 2 aromatic carbocycles. The highest BCUT2D eigenvalue weighted by Gasteiger charge is 2.31. The number of ether oxygens (including phenoxy) is 3. The zero-order valence-electron chi connectivity index (χ0n) is 23.3. The third-order valence-corrected chi connectivity index (χ3v) is 7.02. The Hall–Kier alpha value is -4.01. The van der Waals surface area contributed by atoms with Gasteiger partial charge in [0.05, 0.1) is 25.3 Å². The third-order valence-electron chi connectivity index (χ3n) is 7.02. The van der Waals surface area contributed by atoms with Gasteiger partial charge in [0.25, 0.3) is 0 Å². The van der Waals surface area contributed by atoms with Crippen LogP contribution in [0, 0.1) is 6.92 Å². The van der Waals surface area contributed by atoms with Crippen LogP contribution in [0.25, 0.3) is 21.3 Å². The molecule has 3 aromatic rings. The fraction of sp³-hybridized carbons (Fsp3) is 0.448. The maximum Gasteiger partial charge on any atom is 0.419 e. The fourth-order valence-corrected chi connectivity index (χ4v) is 5.24. The van der Waals surface area contributed by atoms with Crippen LogP contribution in [-0.4, -0.2) is 53.9 Å². The van der Waals surface area contributed by atoms with E-state index in [0.29, 0.717) is 25.1 Å². The molecule has 2 heterocycles. The van der Waals surface area contributed by atoms with E-state index >= 15 is 0 Å². The number of esters is 1. The summed E-state index contributed by atoms with van der Waals surface area (Å²) in [4.78, 5) is 30.3. The van der Waals surface area contributed by atoms with Gasteiger partial charge in [0.15, 0.2) is 0 Å². The van der Waals surface area contributed by atoms with Crippen LogP contribution in [-0.2, 0) is 16.0 Å². The monoisotopic (exact) mass is 533 g/mol. The van der Waals surface area contributed by atoms with E-state index in [1.54, 1.807) is 30.0 Å². The van der Waals surface area contributed by atoms with Gasteiger partial charge in [-0.2, -0.15) is 0 Å². The molecule has 2 atom stereocenters. The molecule has 2 unspecified atom stereocenters. The lowest BCUT2D eigenvalue weighted by atomic mass is 9.90. The SMILES string of the molecule is COC(=O)c1ccc(C2CC(N=[N+]=[N-])CCN2Cc2c(OC)cc(C)c3c2ccn3C(=O)OC(C)(C)C)cc1. The second kappa shape index (κ2) is 11.4. The number of carbonyl (C=O) groups is 2. The molecule has 1 aliphatic rings. The summed E-state index contributed by atoms with van der Waals surface area (Å²) in [5.74, 6) is 0.342. The van der Waals surface area contributed by atoms with Crippen molar-refractivity contribution in [1.29, 1.82) is 0 Å². The number of rotatable bonds is 6. The lowest BCUT2D eigenvalue weighted by Gasteiger charge is -2.39. The number of fused-ring (bicyclic) bond motifs is 1. The van der Waals surface area contributed by atoms with Crippen LogP contribution in [0.1, 0.15) is 66.7 Å². The van der Waals surface area contributed by atoms with Crippen molar-refractivity contribution in [3.8, 4) is 5.75 Å². The van der Waals surface area contributed by atoms with Crippen LogP contribution in [0.3, 0.4) is 0 Å². The van der Waals surface area contributed by atoms with Gasteiger partial charge in [0.2, 0.25) is 0 Å². The summed E-state index contributed by atoms with van der Waals surface area (Å²) in [5.41, 5.74) is 12.6. The summed E-state index contributed by atoms with van der Waals surface area (Å²) in [5, 5.41) is 4.92. The molecule has 4 rings (SSSR count). The lowest BCUT2D eigenvalue weighted by molar-refractivity contribution is 0.0542. The van der Waals surface area contributed by atoms with Crippen molar-refractivity contribution >= 4 is 23.0 Å². The van der Waals surface area contributed by atoms with Crippen molar-refractivity contribution in [2.75, 3.05) is 20.8 Å². The first kappa shape index (κ1) is 28.0. The molecule has 0 bridgehead atoms. The number of hydrogen-bond donors (Lipinski definition) is 0. The van der Waals surface area contributed by atoms with Crippen molar-refractivity contribution in [2.45, 2.75) is 64.8 Å². The highest BCUT2D eigenvalue weighted by Crippen LogP contribution is 2.38. The van der Waals surface area contributed by atoms with Crippen molar-refractivity contribution < 1.29 is 23.8 Å².